The van der Waals surface area contributed by atoms with Crippen LogP contribution >= 0.6 is 34.8 Å². The highest BCUT2D eigenvalue weighted by atomic mass is 35.6. The molecule has 0 aliphatic carbocycles. The van der Waals surface area contributed by atoms with Gasteiger partial charge in [-0.15, -0.1) is 0 Å². The Morgan fingerprint density at radius 2 is 1.70 bits per heavy atom. The fraction of sp³-hybridized carbons (Fsp3) is 0.280. The van der Waals surface area contributed by atoms with Crippen LogP contribution in [0.4, 0.5) is 0 Å². The Kier molecular flexibility index (Phi) is 7.02. The van der Waals surface area contributed by atoms with Crippen molar-refractivity contribution < 1.29 is 0 Å². The number of rotatable bonds is 3. The van der Waals surface area contributed by atoms with E-state index in [1.807, 2.05) is 30.3 Å². The predicted octanol–water partition coefficient (Wildman–Crippen LogP) is 3.83. The summed E-state index contributed by atoms with van der Waals surface area (Å²) in [4.78, 5) is 28.3. The average Bonchev–Trinajstić information content (AvgIpc) is 2.81. The van der Waals surface area contributed by atoms with Crippen LogP contribution in [0.2, 0.25) is 0 Å². The molecule has 0 bridgehead atoms. The Morgan fingerprint density at radius 3 is 2.36 bits per heavy atom. The van der Waals surface area contributed by atoms with E-state index >= 15 is 0 Å². The first-order chi connectivity index (χ1) is 15.7. The molecular weight excluding hydrogens is 481 g/mol. The van der Waals surface area contributed by atoms with Gasteiger partial charge in [0, 0.05) is 43.4 Å². The molecule has 0 radical (unpaired) electrons. The van der Waals surface area contributed by atoms with Gasteiger partial charge >= 0.3 is 5.69 Å². The maximum atomic E-state index is 13.3. The van der Waals surface area contributed by atoms with Crippen molar-refractivity contribution in [1.82, 2.24) is 14.0 Å². The molecule has 0 amide bonds. The normalized spacial score (nSPS) is 13.8. The third kappa shape index (κ3) is 5.37. The van der Waals surface area contributed by atoms with Crippen molar-refractivity contribution >= 4 is 34.8 Å². The van der Waals surface area contributed by atoms with Crippen molar-refractivity contribution in [3.63, 3.8) is 0 Å². The van der Waals surface area contributed by atoms with Gasteiger partial charge in [-0.25, -0.2) is 4.79 Å². The highest BCUT2D eigenvalue weighted by Crippen LogP contribution is 2.38. The summed E-state index contributed by atoms with van der Waals surface area (Å²) in [5, 5.41) is 0. The molecule has 0 N–H and O–H groups in total. The van der Waals surface area contributed by atoms with Gasteiger partial charge in [0.25, 0.3) is 5.56 Å². The standard InChI is InChI=1S/C25H22Cl3N3O2/c1-29-22-13-15-30(14-5-8-18-6-3-2-4-7-18)17-21(22)23(32)31(24(29)33)16-19-9-11-20(12-10-19)25(26,27)28/h2-4,6-7,9-12H,13-17H2,1H3. The quantitative estimate of drug-likeness (QED) is 0.404. The summed E-state index contributed by atoms with van der Waals surface area (Å²) < 4.78 is 1.33. The van der Waals surface area contributed by atoms with Crippen LogP contribution in [0.5, 0.6) is 0 Å². The van der Waals surface area contributed by atoms with Crippen LogP contribution in [0.1, 0.15) is 27.9 Å². The summed E-state index contributed by atoms with van der Waals surface area (Å²) in [6.45, 7) is 1.89. The highest BCUT2D eigenvalue weighted by molar-refractivity contribution is 6.66. The van der Waals surface area contributed by atoms with Crippen LogP contribution in [-0.4, -0.2) is 27.1 Å². The SMILES string of the molecule is Cn1c2c(c(=O)n(Cc3ccc(C(Cl)(Cl)Cl)cc3)c1=O)CN(CC#Cc1ccccc1)CC2. The Hall–Kier alpha value is -2.49. The largest absolute Gasteiger partial charge is 0.331 e. The fourth-order valence-corrected chi connectivity index (χ4v) is 4.33. The van der Waals surface area contributed by atoms with Gasteiger partial charge in [0.1, 0.15) is 0 Å². The third-order valence-electron chi connectivity index (χ3n) is 5.75. The van der Waals surface area contributed by atoms with Crippen molar-refractivity contribution in [3.8, 4) is 11.8 Å². The first-order valence-corrected chi connectivity index (χ1v) is 11.6. The van der Waals surface area contributed by atoms with E-state index in [1.165, 1.54) is 4.57 Å². The lowest BCUT2D eigenvalue weighted by molar-refractivity contribution is 0.275. The lowest BCUT2D eigenvalue weighted by atomic mass is 10.1. The molecule has 0 spiro atoms. The average molecular weight is 503 g/mol. The second-order valence-electron chi connectivity index (χ2n) is 7.98. The van der Waals surface area contributed by atoms with Crippen molar-refractivity contribution in [1.29, 1.82) is 0 Å². The molecule has 8 heteroatoms. The van der Waals surface area contributed by atoms with Crippen molar-refractivity contribution in [2.45, 2.75) is 23.3 Å². The monoisotopic (exact) mass is 501 g/mol. The number of aromatic nitrogens is 2. The Morgan fingerprint density at radius 1 is 1.00 bits per heavy atom. The van der Waals surface area contributed by atoms with E-state index in [2.05, 4.69) is 16.7 Å². The number of benzene rings is 2. The Labute approximate surface area is 207 Å². The van der Waals surface area contributed by atoms with E-state index < -0.39 is 3.79 Å². The van der Waals surface area contributed by atoms with E-state index in [9.17, 15) is 9.59 Å². The van der Waals surface area contributed by atoms with Gasteiger partial charge in [-0.05, 0) is 17.7 Å². The van der Waals surface area contributed by atoms with Crippen LogP contribution in [-0.2, 0) is 30.4 Å². The Bertz CT molecular complexity index is 1330. The molecule has 2 aromatic carbocycles. The van der Waals surface area contributed by atoms with Crippen LogP contribution in [0.3, 0.4) is 0 Å². The van der Waals surface area contributed by atoms with Gasteiger partial charge < -0.3 is 4.57 Å². The molecule has 5 nitrogen and oxygen atoms in total. The number of nitrogens with zero attached hydrogens (tertiary/aromatic N) is 3. The number of fused-ring (bicyclic) bond motifs is 1. The molecule has 0 atom stereocenters. The summed E-state index contributed by atoms with van der Waals surface area (Å²) in [5.74, 6) is 6.34. The van der Waals surface area contributed by atoms with Gasteiger partial charge in [0.15, 0.2) is 0 Å². The summed E-state index contributed by atoms with van der Waals surface area (Å²) in [6.07, 6.45) is 0.627. The second-order valence-corrected chi connectivity index (χ2v) is 10.3. The molecular formula is C25H22Cl3N3O2. The van der Waals surface area contributed by atoms with Crippen molar-refractivity contribution in [2.24, 2.45) is 7.05 Å². The second kappa shape index (κ2) is 9.79. The van der Waals surface area contributed by atoms with Crippen LogP contribution in [0.25, 0.3) is 0 Å². The van der Waals surface area contributed by atoms with Gasteiger partial charge in [-0.1, -0.05) is 89.1 Å². The molecule has 1 aliphatic rings. The minimum absolute atomic E-state index is 0.146. The van der Waals surface area contributed by atoms with E-state index in [0.29, 0.717) is 30.6 Å². The topological polar surface area (TPSA) is 47.2 Å². The lowest BCUT2D eigenvalue weighted by Gasteiger charge is -2.28. The molecule has 1 aromatic heterocycles. The van der Waals surface area contributed by atoms with Crippen molar-refractivity contribution in [2.75, 3.05) is 13.1 Å². The number of hydrogen-bond donors (Lipinski definition) is 0. The minimum atomic E-state index is -1.52. The molecule has 3 aromatic rings. The maximum Gasteiger partial charge on any atom is 0.331 e. The minimum Gasteiger partial charge on any atom is -0.300 e. The predicted molar refractivity (Wildman–Crippen MR) is 133 cm³/mol. The zero-order valence-corrected chi connectivity index (χ0v) is 20.3. The summed E-state index contributed by atoms with van der Waals surface area (Å²) in [5.41, 5.74) is 3.09. The van der Waals surface area contributed by atoms with Gasteiger partial charge in [0.05, 0.1) is 18.7 Å². The first-order valence-electron chi connectivity index (χ1n) is 10.5. The molecule has 0 saturated carbocycles. The maximum absolute atomic E-state index is 13.3. The third-order valence-corrected chi connectivity index (χ3v) is 6.41. The van der Waals surface area contributed by atoms with E-state index in [1.54, 1.807) is 35.9 Å². The lowest BCUT2D eigenvalue weighted by Crippen LogP contribution is -2.47. The van der Waals surface area contributed by atoms with Crippen LogP contribution in [0.15, 0.2) is 64.2 Å². The zero-order valence-electron chi connectivity index (χ0n) is 18.0. The molecule has 33 heavy (non-hydrogen) atoms. The number of alkyl halides is 3. The molecule has 0 fully saturated rings. The molecule has 170 valence electrons. The summed E-state index contributed by atoms with van der Waals surface area (Å²) in [6, 6.07) is 16.7. The van der Waals surface area contributed by atoms with Gasteiger partial charge in [0.2, 0.25) is 3.79 Å². The molecule has 0 unspecified atom stereocenters. The molecule has 1 aliphatic heterocycles. The zero-order chi connectivity index (χ0) is 23.6. The fourth-order valence-electron chi connectivity index (χ4n) is 3.95. The van der Waals surface area contributed by atoms with Crippen molar-refractivity contribution in [3.05, 3.63) is 103 Å². The van der Waals surface area contributed by atoms with Gasteiger partial charge in [-0.3, -0.25) is 14.3 Å². The molecule has 0 saturated heterocycles. The van der Waals surface area contributed by atoms with E-state index in [-0.39, 0.29) is 17.8 Å². The number of hydrogen-bond acceptors (Lipinski definition) is 3. The van der Waals surface area contributed by atoms with E-state index in [0.717, 1.165) is 23.4 Å². The smallest absolute Gasteiger partial charge is 0.300 e. The Balaban J connectivity index is 1.58. The molecule has 2 heterocycles. The highest BCUT2D eigenvalue weighted by Gasteiger charge is 2.25. The van der Waals surface area contributed by atoms with Crippen LogP contribution < -0.4 is 11.2 Å². The van der Waals surface area contributed by atoms with E-state index in [4.69, 9.17) is 34.8 Å². The first kappa shape index (κ1) is 23.7. The van der Waals surface area contributed by atoms with Gasteiger partial charge in [-0.2, -0.15) is 0 Å². The molecule has 4 rings (SSSR count). The number of halogens is 3. The summed E-state index contributed by atoms with van der Waals surface area (Å²) >= 11 is 17.7. The van der Waals surface area contributed by atoms with Crippen LogP contribution in [0, 0.1) is 11.8 Å². The summed E-state index contributed by atoms with van der Waals surface area (Å²) in [7, 11) is 1.72.